The van der Waals surface area contributed by atoms with Crippen LogP contribution in [-0.2, 0) is 21.1 Å². The zero-order valence-corrected chi connectivity index (χ0v) is 49.0. The Bertz CT molecular complexity index is 3850. The van der Waals surface area contributed by atoms with Gasteiger partial charge in [0, 0.05) is 123 Å². The number of fused-ring (bicyclic) bond motifs is 2. The molecular formula is C55H54ClF10N17O5Si. The SMILES string of the molecule is C[Si](C)(C)CCOCn1ccc2c(-c3cnn(C(CC#N)[C@H]4CCN(c5nccc(C(F)F)c5Cl)C4)c3)ncnc21.N#CC[C@@H]([C@H]1CCN(c2nccc(C(F)F)c2C#N)C1)n1cc(-c2ncnc3[nH]ccc23)cn1.O=C(O)C(F)(F)F.O=C(O)C(F)(F)F. The molecule has 2 aliphatic rings. The quantitative estimate of drug-likeness (QED) is 0.0433. The van der Waals surface area contributed by atoms with Crippen LogP contribution in [0.4, 0.5) is 55.5 Å². The number of nitrogens with zero attached hydrogens (tertiary/aromatic N) is 16. The first-order valence-electron chi connectivity index (χ1n) is 26.8. The van der Waals surface area contributed by atoms with Crippen LogP contribution in [0.15, 0.2) is 86.5 Å². The predicted octanol–water partition coefficient (Wildman–Crippen LogP) is 11.8. The number of rotatable bonds is 17. The van der Waals surface area contributed by atoms with E-state index in [9.17, 15) is 59.7 Å². The molecule has 4 atom stereocenters. The number of carbonyl (C=O) groups is 2. The smallest absolute Gasteiger partial charge is 0.475 e. The topological polar surface area (TPSA) is 295 Å². The van der Waals surface area contributed by atoms with Crippen LogP contribution in [-0.4, -0.2) is 134 Å². The van der Waals surface area contributed by atoms with Crippen LogP contribution in [0, 0.1) is 45.8 Å². The molecule has 0 amide bonds. The van der Waals surface area contributed by atoms with E-state index in [0.29, 0.717) is 45.1 Å². The van der Waals surface area contributed by atoms with Crippen LogP contribution in [0.3, 0.4) is 0 Å². The van der Waals surface area contributed by atoms with E-state index in [1.165, 1.54) is 30.9 Å². The van der Waals surface area contributed by atoms with Gasteiger partial charge in [-0.15, -0.1) is 0 Å². The molecule has 0 aromatic carbocycles. The molecular weight excluding hydrogens is 1230 g/mol. The van der Waals surface area contributed by atoms with Gasteiger partial charge in [0.2, 0.25) is 0 Å². The van der Waals surface area contributed by atoms with E-state index in [0.717, 1.165) is 63.7 Å². The molecule has 0 saturated carbocycles. The van der Waals surface area contributed by atoms with Crippen molar-refractivity contribution < 1.29 is 68.4 Å². The van der Waals surface area contributed by atoms with Crippen molar-refractivity contribution >= 4 is 65.3 Å². The standard InChI is InChI=1S/C28H33ClF2N8OSi.C23H19F2N9.2C2HF3O2/c1-41(2,3)13-12-40-18-38-11-7-22-25(34-17-35-27(22)38)20-14-36-39(16-20)23(4-8-32)19-6-10-37(15-19)28-24(29)21(26(30)31)5-9-33-28;24-21(25)16-2-7-29-23(18(16)9-27)33-8-4-14(11-33)19(1-5-26)34-12-15(10-32-34)20-17-3-6-28-22(17)31-13-30-20;2*3-2(4,5)1(6)7/h5,7,9,11,14,16-17,19,23,26H,4,6,10,12-13,15,18H2,1-3H3;2-3,6-7,10,12-14,19,21H,1,4,8,11H2,(H,28,30,31);2*(H,6,7)/t19-,23?;14-,19-;;/m00../s1. The predicted molar refractivity (Wildman–Crippen MR) is 303 cm³/mol. The van der Waals surface area contributed by atoms with E-state index in [1.807, 2.05) is 55.8 Å². The average molecular weight is 1290 g/mol. The summed E-state index contributed by atoms with van der Waals surface area (Å²) in [5.41, 5.74) is 3.99. The van der Waals surface area contributed by atoms with E-state index >= 15 is 0 Å². The number of pyridine rings is 2. The Morgan fingerprint density at radius 1 is 0.730 bits per heavy atom. The third kappa shape index (κ3) is 16.9. The maximum Gasteiger partial charge on any atom is 0.490 e. The number of alkyl halides is 10. The van der Waals surface area contributed by atoms with Crippen molar-refractivity contribution in [3.8, 4) is 40.7 Å². The van der Waals surface area contributed by atoms with Crippen molar-refractivity contribution in [2.24, 2.45) is 11.8 Å². The summed E-state index contributed by atoms with van der Waals surface area (Å²) >= 11 is 6.29. The lowest BCUT2D eigenvalue weighted by atomic mass is 9.96. The van der Waals surface area contributed by atoms with Gasteiger partial charge < -0.3 is 34.3 Å². The van der Waals surface area contributed by atoms with Crippen molar-refractivity contribution in [1.82, 2.24) is 59.0 Å². The summed E-state index contributed by atoms with van der Waals surface area (Å²) in [6, 6.07) is 13.4. The summed E-state index contributed by atoms with van der Waals surface area (Å²) in [5.74, 6) is -4.83. The number of aromatic nitrogens is 12. The molecule has 10 rings (SSSR count). The number of anilines is 2. The molecule has 10 heterocycles. The zero-order chi connectivity index (χ0) is 65.0. The second-order valence-electron chi connectivity index (χ2n) is 21.3. The molecule has 1 unspecified atom stereocenters. The Labute approximate surface area is 505 Å². The van der Waals surface area contributed by atoms with Crippen LogP contribution in [0.25, 0.3) is 44.6 Å². The van der Waals surface area contributed by atoms with Crippen molar-refractivity contribution in [3.63, 3.8) is 0 Å². The van der Waals surface area contributed by atoms with E-state index in [1.54, 1.807) is 29.6 Å². The molecule has 0 bridgehead atoms. The summed E-state index contributed by atoms with van der Waals surface area (Å²) in [6.07, 6.45) is 3.05. The number of halogens is 11. The van der Waals surface area contributed by atoms with Gasteiger partial charge >= 0.3 is 24.3 Å². The molecule has 22 nitrogen and oxygen atoms in total. The van der Waals surface area contributed by atoms with E-state index in [4.69, 9.17) is 36.1 Å². The highest BCUT2D eigenvalue weighted by molar-refractivity contribution is 6.76. The second kappa shape index (κ2) is 29.2. The highest BCUT2D eigenvalue weighted by Gasteiger charge is 2.40. The number of carboxylic acids is 2. The second-order valence-corrected chi connectivity index (χ2v) is 27.3. The molecule has 2 saturated heterocycles. The van der Waals surface area contributed by atoms with Crippen molar-refractivity contribution in [1.29, 1.82) is 15.8 Å². The number of hydrogen-bond donors (Lipinski definition) is 3. The number of nitrogens with one attached hydrogen (secondary N) is 1. The fraction of sp³-hybridized carbons (Fsp3) is 0.400. The molecule has 8 aromatic heterocycles. The molecule has 89 heavy (non-hydrogen) atoms. The molecule has 8 aromatic rings. The van der Waals surface area contributed by atoms with Crippen molar-refractivity contribution in [2.45, 2.75) is 95.4 Å². The summed E-state index contributed by atoms with van der Waals surface area (Å²) in [7, 11) is -1.17. The van der Waals surface area contributed by atoms with Gasteiger partial charge in [0.05, 0.1) is 65.9 Å². The largest absolute Gasteiger partial charge is 0.490 e. The van der Waals surface area contributed by atoms with Gasteiger partial charge in [0.25, 0.3) is 12.9 Å². The average Bonchev–Trinajstić information content (AvgIpc) is 1.78. The van der Waals surface area contributed by atoms with Gasteiger partial charge in [-0.05, 0) is 43.2 Å². The number of aromatic amines is 1. The molecule has 34 heteroatoms. The van der Waals surface area contributed by atoms with E-state index in [-0.39, 0.29) is 64.3 Å². The van der Waals surface area contributed by atoms with Crippen molar-refractivity contribution in [2.75, 3.05) is 42.6 Å². The minimum Gasteiger partial charge on any atom is -0.475 e. The molecule has 3 N–H and O–H groups in total. The van der Waals surface area contributed by atoms with Crippen LogP contribution >= 0.6 is 11.6 Å². The molecule has 2 aliphatic heterocycles. The third-order valence-corrected chi connectivity index (χ3v) is 16.3. The summed E-state index contributed by atoms with van der Waals surface area (Å²) < 4.78 is 128. The number of hydrogen-bond acceptors (Lipinski definition) is 16. The maximum absolute atomic E-state index is 13.4. The number of carboxylic acid groups (broad SMARTS) is 2. The minimum atomic E-state index is -5.08. The number of aliphatic carboxylic acids is 2. The lowest BCUT2D eigenvalue weighted by Crippen LogP contribution is -2.26. The van der Waals surface area contributed by atoms with Gasteiger partial charge in [-0.2, -0.15) is 52.3 Å². The molecule has 2 fully saturated rings. The molecule has 0 spiro atoms. The first-order chi connectivity index (χ1) is 42.1. The monoisotopic (exact) mass is 1290 g/mol. The van der Waals surface area contributed by atoms with Gasteiger partial charge in [0.15, 0.2) is 0 Å². The van der Waals surface area contributed by atoms with Crippen molar-refractivity contribution in [3.05, 3.63) is 108 Å². The molecule has 0 radical (unpaired) electrons. The molecule has 470 valence electrons. The number of nitriles is 3. The fourth-order valence-electron chi connectivity index (χ4n) is 9.83. The van der Waals surface area contributed by atoms with Crippen LogP contribution in [0.5, 0.6) is 0 Å². The number of H-pyrrole nitrogens is 1. The Hall–Kier alpha value is -9.26. The first kappa shape index (κ1) is 67.2. The Balaban J connectivity index is 0.000000211. The van der Waals surface area contributed by atoms with E-state index < -0.39 is 45.2 Å². The number of ether oxygens (including phenoxy) is 1. The maximum atomic E-state index is 13.4. The summed E-state index contributed by atoms with van der Waals surface area (Å²) in [5, 5.41) is 53.8. The molecule has 0 aliphatic carbocycles. The van der Waals surface area contributed by atoms with E-state index in [2.05, 4.69) is 76.9 Å². The minimum absolute atomic E-state index is 0.0219. The van der Waals surface area contributed by atoms with Gasteiger partial charge in [-0.25, -0.2) is 57.1 Å². The summed E-state index contributed by atoms with van der Waals surface area (Å²) in [6.45, 7) is 10.3. The van der Waals surface area contributed by atoms with Crippen LogP contribution in [0.2, 0.25) is 30.7 Å². The lowest BCUT2D eigenvalue weighted by molar-refractivity contribution is -0.193. The highest BCUT2D eigenvalue weighted by Crippen LogP contribution is 2.40. The Kier molecular flexibility index (Phi) is 22.0. The normalized spacial score (nSPS) is 15.7. The van der Waals surface area contributed by atoms with Crippen LogP contribution < -0.4 is 9.80 Å². The lowest BCUT2D eigenvalue weighted by Gasteiger charge is -2.23. The van der Waals surface area contributed by atoms with Gasteiger partial charge in [-0.3, -0.25) is 9.36 Å². The zero-order valence-electron chi connectivity index (χ0n) is 47.3. The van der Waals surface area contributed by atoms with Crippen LogP contribution in [0.1, 0.15) is 67.3 Å². The highest BCUT2D eigenvalue weighted by atomic mass is 35.5. The van der Waals surface area contributed by atoms with Gasteiger partial charge in [-0.1, -0.05) is 31.2 Å². The summed E-state index contributed by atoms with van der Waals surface area (Å²) in [4.78, 5) is 50.8. The third-order valence-electron chi connectivity index (χ3n) is 14.2. The Morgan fingerprint density at radius 2 is 1.24 bits per heavy atom. The fourth-order valence-corrected chi connectivity index (χ4v) is 10.9. The Morgan fingerprint density at radius 3 is 1.74 bits per heavy atom. The first-order valence-corrected chi connectivity index (χ1v) is 30.9. The van der Waals surface area contributed by atoms with Gasteiger partial charge in [0.1, 0.15) is 53.9 Å².